The molecule has 0 N–H and O–H groups in total. The topological polar surface area (TPSA) is 3.24 Å². The van der Waals surface area contributed by atoms with Crippen molar-refractivity contribution < 1.29 is 0 Å². The van der Waals surface area contributed by atoms with Crippen LogP contribution in [0.4, 0.5) is 17.1 Å². The van der Waals surface area contributed by atoms with Crippen LogP contribution in [0.15, 0.2) is 273 Å². The second kappa shape index (κ2) is 17.7. The first-order valence-corrected chi connectivity index (χ1v) is 22.3. The summed E-state index contributed by atoms with van der Waals surface area (Å²) in [5, 5.41) is 2.46. The minimum Gasteiger partial charge on any atom is -0.310 e. The molecule has 0 saturated heterocycles. The van der Waals surface area contributed by atoms with Crippen molar-refractivity contribution in [2.45, 2.75) is 0 Å². The van der Waals surface area contributed by atoms with Gasteiger partial charge in [-0.3, -0.25) is 0 Å². The van der Waals surface area contributed by atoms with Gasteiger partial charge in [-0.2, -0.15) is 0 Å². The second-order valence-electron chi connectivity index (χ2n) is 16.5. The summed E-state index contributed by atoms with van der Waals surface area (Å²) in [7, 11) is 0. The molecule has 0 heterocycles. The average molecular weight is 828 g/mol. The molecule has 0 spiro atoms. The quantitative estimate of drug-likeness (QED) is 0.133. The maximum absolute atomic E-state index is 2.42. The number of benzene rings is 11. The van der Waals surface area contributed by atoms with Gasteiger partial charge in [-0.1, -0.05) is 231 Å². The molecule has 1 nitrogen and oxygen atoms in total. The first-order chi connectivity index (χ1) is 32.2. The molecule has 11 aromatic carbocycles. The van der Waals surface area contributed by atoms with Crippen LogP contribution in [0, 0.1) is 0 Å². The van der Waals surface area contributed by atoms with Crippen LogP contribution in [0.3, 0.4) is 0 Å². The van der Waals surface area contributed by atoms with Gasteiger partial charge >= 0.3 is 0 Å². The van der Waals surface area contributed by atoms with E-state index in [4.69, 9.17) is 0 Å². The van der Waals surface area contributed by atoms with Crippen molar-refractivity contribution in [3.63, 3.8) is 0 Å². The summed E-state index contributed by atoms with van der Waals surface area (Å²) < 4.78 is 0. The Morgan fingerprint density at radius 2 is 0.523 bits per heavy atom. The lowest BCUT2D eigenvalue weighted by atomic mass is 9.91. The van der Waals surface area contributed by atoms with Gasteiger partial charge in [0.2, 0.25) is 0 Å². The van der Waals surface area contributed by atoms with Crippen molar-refractivity contribution >= 4 is 27.8 Å². The molecule has 306 valence electrons. The van der Waals surface area contributed by atoms with Gasteiger partial charge in [0, 0.05) is 16.9 Å². The van der Waals surface area contributed by atoms with Crippen LogP contribution in [-0.2, 0) is 0 Å². The third-order valence-electron chi connectivity index (χ3n) is 12.5. The van der Waals surface area contributed by atoms with Gasteiger partial charge in [0.1, 0.15) is 0 Å². The van der Waals surface area contributed by atoms with Crippen LogP contribution < -0.4 is 4.90 Å². The zero-order valence-electron chi connectivity index (χ0n) is 35.9. The van der Waals surface area contributed by atoms with E-state index in [0.29, 0.717) is 0 Å². The number of nitrogens with zero attached hydrogens (tertiary/aromatic N) is 1. The van der Waals surface area contributed by atoms with E-state index in [9.17, 15) is 0 Å². The number of anilines is 3. The Hall–Kier alpha value is -8.52. The summed E-state index contributed by atoms with van der Waals surface area (Å²) in [6.45, 7) is 0. The summed E-state index contributed by atoms with van der Waals surface area (Å²) in [5.41, 5.74) is 19.9. The van der Waals surface area contributed by atoms with E-state index in [1.54, 1.807) is 0 Å². The highest BCUT2D eigenvalue weighted by atomic mass is 15.1. The van der Waals surface area contributed by atoms with E-state index < -0.39 is 0 Å². The van der Waals surface area contributed by atoms with Crippen molar-refractivity contribution in [2.24, 2.45) is 0 Å². The fourth-order valence-electron chi connectivity index (χ4n) is 9.10. The van der Waals surface area contributed by atoms with Crippen molar-refractivity contribution in [1.29, 1.82) is 0 Å². The fraction of sp³-hybridized carbons (Fsp3) is 0. The Morgan fingerprint density at radius 3 is 1.06 bits per heavy atom. The molecule has 0 radical (unpaired) electrons. The van der Waals surface area contributed by atoms with Gasteiger partial charge in [-0.05, 0) is 126 Å². The maximum atomic E-state index is 2.42. The Balaban J connectivity index is 1.03. The highest BCUT2D eigenvalue weighted by Crippen LogP contribution is 2.45. The standard InChI is InChI=1S/C64H45N/c1-5-15-46(16-6-1)48-25-27-49(28-26-48)50-31-37-59(38-32-50)65(64-45-58(36-42-62(64)53-20-9-3-10-21-53)56-30-29-47-17-13-14-24-55(47)43-56)60-39-33-51(34-40-60)57-35-41-61(52-18-7-2-8-19-52)63(44-57)54-22-11-4-12-23-54/h1-45H. The summed E-state index contributed by atoms with van der Waals surface area (Å²) in [5.74, 6) is 0. The van der Waals surface area contributed by atoms with E-state index in [2.05, 4.69) is 278 Å². The zero-order chi connectivity index (χ0) is 43.4. The lowest BCUT2D eigenvalue weighted by molar-refractivity contribution is 1.28. The fourth-order valence-corrected chi connectivity index (χ4v) is 9.10. The molecule has 0 bridgehead atoms. The van der Waals surface area contributed by atoms with Crippen LogP contribution in [0.1, 0.15) is 0 Å². The van der Waals surface area contributed by atoms with Crippen molar-refractivity contribution in [1.82, 2.24) is 0 Å². The first-order valence-electron chi connectivity index (χ1n) is 22.3. The Morgan fingerprint density at radius 1 is 0.185 bits per heavy atom. The minimum absolute atomic E-state index is 1.07. The van der Waals surface area contributed by atoms with Crippen LogP contribution in [0.2, 0.25) is 0 Å². The highest BCUT2D eigenvalue weighted by Gasteiger charge is 2.20. The molecule has 0 amide bonds. The molecular formula is C64H45N. The number of hydrogen-bond donors (Lipinski definition) is 0. The minimum atomic E-state index is 1.07. The smallest absolute Gasteiger partial charge is 0.0546 e. The highest BCUT2D eigenvalue weighted by molar-refractivity contribution is 5.94. The number of fused-ring (bicyclic) bond motifs is 1. The van der Waals surface area contributed by atoms with E-state index >= 15 is 0 Å². The molecule has 11 aromatic rings. The van der Waals surface area contributed by atoms with E-state index in [1.165, 1.54) is 66.4 Å². The first kappa shape index (κ1) is 39.3. The molecule has 0 aromatic heterocycles. The molecule has 0 aliphatic heterocycles. The third-order valence-corrected chi connectivity index (χ3v) is 12.5. The third kappa shape index (κ3) is 8.16. The Kier molecular flexibility index (Phi) is 10.7. The lowest BCUT2D eigenvalue weighted by Crippen LogP contribution is -2.11. The Bertz CT molecular complexity index is 3360. The molecule has 0 aliphatic rings. The molecular weight excluding hydrogens is 783 g/mol. The van der Waals surface area contributed by atoms with E-state index in [-0.39, 0.29) is 0 Å². The van der Waals surface area contributed by atoms with Gasteiger partial charge < -0.3 is 4.90 Å². The molecule has 0 aliphatic carbocycles. The predicted molar refractivity (Wildman–Crippen MR) is 277 cm³/mol. The predicted octanol–water partition coefficient (Wildman–Crippen LogP) is 18.0. The van der Waals surface area contributed by atoms with E-state index in [0.717, 1.165) is 39.3 Å². The summed E-state index contributed by atoms with van der Waals surface area (Å²) in [4.78, 5) is 2.42. The van der Waals surface area contributed by atoms with Gasteiger partial charge in [0.15, 0.2) is 0 Å². The van der Waals surface area contributed by atoms with Gasteiger partial charge in [-0.25, -0.2) is 0 Å². The van der Waals surface area contributed by atoms with Crippen LogP contribution >= 0.6 is 0 Å². The average Bonchev–Trinajstić information content (AvgIpc) is 3.40. The normalized spacial score (nSPS) is 11.1. The van der Waals surface area contributed by atoms with Crippen molar-refractivity contribution in [2.75, 3.05) is 4.90 Å². The maximum Gasteiger partial charge on any atom is 0.0546 e. The van der Waals surface area contributed by atoms with Crippen LogP contribution in [-0.4, -0.2) is 0 Å². The van der Waals surface area contributed by atoms with Crippen molar-refractivity contribution in [3.05, 3.63) is 273 Å². The molecule has 0 unspecified atom stereocenters. The molecule has 1 heteroatoms. The molecule has 0 atom stereocenters. The SMILES string of the molecule is c1ccc(-c2ccc(-c3ccc(N(c4ccc(-c5ccc(-c6ccccc6)c(-c6ccccc6)c5)cc4)c4cc(-c5ccc6ccccc6c5)ccc4-c4ccccc4)cc3)cc2)cc1. The van der Waals surface area contributed by atoms with Gasteiger partial charge in [0.05, 0.1) is 5.69 Å². The van der Waals surface area contributed by atoms with E-state index in [1.807, 2.05) is 0 Å². The summed E-state index contributed by atoms with van der Waals surface area (Å²) in [6, 6.07) is 98.9. The summed E-state index contributed by atoms with van der Waals surface area (Å²) >= 11 is 0. The molecule has 0 fully saturated rings. The zero-order valence-corrected chi connectivity index (χ0v) is 35.9. The molecule has 0 saturated carbocycles. The summed E-state index contributed by atoms with van der Waals surface area (Å²) in [6.07, 6.45) is 0. The van der Waals surface area contributed by atoms with Crippen LogP contribution in [0.25, 0.3) is 88.7 Å². The molecule has 11 rings (SSSR count). The van der Waals surface area contributed by atoms with Crippen molar-refractivity contribution in [3.8, 4) is 77.9 Å². The Labute approximate surface area is 381 Å². The lowest BCUT2D eigenvalue weighted by Gasteiger charge is -2.29. The molecule has 65 heavy (non-hydrogen) atoms. The second-order valence-corrected chi connectivity index (χ2v) is 16.5. The van der Waals surface area contributed by atoms with Crippen LogP contribution in [0.5, 0.6) is 0 Å². The van der Waals surface area contributed by atoms with Gasteiger partial charge in [0.25, 0.3) is 0 Å². The van der Waals surface area contributed by atoms with Gasteiger partial charge in [-0.15, -0.1) is 0 Å². The number of hydrogen-bond acceptors (Lipinski definition) is 1. The number of rotatable bonds is 10. The monoisotopic (exact) mass is 827 g/mol. The largest absolute Gasteiger partial charge is 0.310 e.